The number of carbonyl (C=O) groups excluding carboxylic acids is 2. The standard InChI is InChI=1S/C19H20BrN3O4S/c1-12-7-8-16(14(20)9-12)27-10-17(24)21-19(28)23-22-18(25)11-26-15-6-4-3-5-13(15)2/h3-9H,10-11H2,1-2H3,(H,22,25)(H2,21,23,24,28). The van der Waals surface area contributed by atoms with E-state index < -0.39 is 11.8 Å². The van der Waals surface area contributed by atoms with Crippen molar-refractivity contribution >= 4 is 45.1 Å². The summed E-state index contributed by atoms with van der Waals surface area (Å²) in [6.45, 7) is 3.41. The first-order valence-corrected chi connectivity index (χ1v) is 9.51. The van der Waals surface area contributed by atoms with E-state index in [9.17, 15) is 9.59 Å². The van der Waals surface area contributed by atoms with E-state index in [4.69, 9.17) is 21.7 Å². The van der Waals surface area contributed by atoms with E-state index in [0.29, 0.717) is 11.5 Å². The number of para-hydroxylation sites is 1. The van der Waals surface area contributed by atoms with Gasteiger partial charge in [0, 0.05) is 0 Å². The molecule has 28 heavy (non-hydrogen) atoms. The van der Waals surface area contributed by atoms with Gasteiger partial charge in [0.1, 0.15) is 11.5 Å². The fraction of sp³-hybridized carbons (Fsp3) is 0.211. The first-order chi connectivity index (χ1) is 13.3. The summed E-state index contributed by atoms with van der Waals surface area (Å²) in [5.74, 6) is 0.254. The average molecular weight is 466 g/mol. The Morgan fingerprint density at radius 2 is 1.64 bits per heavy atom. The summed E-state index contributed by atoms with van der Waals surface area (Å²) in [6.07, 6.45) is 0. The summed E-state index contributed by atoms with van der Waals surface area (Å²) in [5.41, 5.74) is 6.77. The third kappa shape index (κ3) is 7.16. The van der Waals surface area contributed by atoms with Crippen LogP contribution in [0.25, 0.3) is 0 Å². The van der Waals surface area contributed by atoms with Crippen molar-refractivity contribution in [2.75, 3.05) is 13.2 Å². The molecule has 0 atom stereocenters. The van der Waals surface area contributed by atoms with E-state index in [1.54, 1.807) is 12.1 Å². The van der Waals surface area contributed by atoms with E-state index in [2.05, 4.69) is 32.1 Å². The van der Waals surface area contributed by atoms with Crippen LogP contribution in [0, 0.1) is 13.8 Å². The van der Waals surface area contributed by atoms with Crippen molar-refractivity contribution in [2.24, 2.45) is 0 Å². The van der Waals surface area contributed by atoms with Crippen LogP contribution in [0.3, 0.4) is 0 Å². The monoisotopic (exact) mass is 465 g/mol. The van der Waals surface area contributed by atoms with E-state index in [1.807, 2.05) is 44.2 Å². The van der Waals surface area contributed by atoms with Gasteiger partial charge in [-0.3, -0.25) is 25.8 Å². The van der Waals surface area contributed by atoms with Crippen LogP contribution in [0.1, 0.15) is 11.1 Å². The highest BCUT2D eigenvalue weighted by Gasteiger charge is 2.09. The molecule has 0 aliphatic rings. The molecule has 2 aromatic carbocycles. The van der Waals surface area contributed by atoms with Gasteiger partial charge in [0.15, 0.2) is 18.3 Å². The Balaban J connectivity index is 1.67. The summed E-state index contributed by atoms with van der Waals surface area (Å²) >= 11 is 8.33. The number of benzene rings is 2. The third-order valence-corrected chi connectivity index (χ3v) is 4.29. The van der Waals surface area contributed by atoms with Gasteiger partial charge >= 0.3 is 0 Å². The zero-order chi connectivity index (χ0) is 20.5. The van der Waals surface area contributed by atoms with Crippen LogP contribution in [-0.2, 0) is 9.59 Å². The highest BCUT2D eigenvalue weighted by molar-refractivity contribution is 9.10. The molecule has 0 radical (unpaired) electrons. The lowest BCUT2D eigenvalue weighted by Gasteiger charge is -2.13. The Morgan fingerprint density at radius 1 is 0.964 bits per heavy atom. The summed E-state index contributed by atoms with van der Waals surface area (Å²) in [4.78, 5) is 23.7. The van der Waals surface area contributed by atoms with Crippen LogP contribution in [0.5, 0.6) is 11.5 Å². The van der Waals surface area contributed by atoms with Crippen molar-refractivity contribution in [1.29, 1.82) is 0 Å². The lowest BCUT2D eigenvalue weighted by atomic mass is 10.2. The normalized spacial score (nSPS) is 9.96. The van der Waals surface area contributed by atoms with Gasteiger partial charge in [-0.25, -0.2) is 0 Å². The SMILES string of the molecule is Cc1ccc(OCC(=O)NC(=S)NNC(=O)COc2ccccc2C)c(Br)c1. The van der Waals surface area contributed by atoms with E-state index in [-0.39, 0.29) is 18.3 Å². The Morgan fingerprint density at radius 3 is 2.36 bits per heavy atom. The van der Waals surface area contributed by atoms with Gasteiger partial charge in [-0.05, 0) is 71.3 Å². The van der Waals surface area contributed by atoms with E-state index in [0.717, 1.165) is 15.6 Å². The molecule has 2 rings (SSSR count). The van der Waals surface area contributed by atoms with Crippen molar-refractivity contribution in [3.63, 3.8) is 0 Å². The number of rotatable bonds is 6. The van der Waals surface area contributed by atoms with Crippen LogP contribution in [0.15, 0.2) is 46.9 Å². The topological polar surface area (TPSA) is 88.7 Å². The Kier molecular flexibility index (Phi) is 8.21. The smallest absolute Gasteiger partial charge is 0.276 e. The number of hydrogen-bond donors (Lipinski definition) is 3. The van der Waals surface area contributed by atoms with Gasteiger partial charge in [0.2, 0.25) is 0 Å². The molecule has 148 valence electrons. The molecule has 7 nitrogen and oxygen atoms in total. The second-order valence-electron chi connectivity index (χ2n) is 5.83. The number of halogens is 1. The lowest BCUT2D eigenvalue weighted by molar-refractivity contribution is -0.124. The Labute approximate surface area is 176 Å². The fourth-order valence-electron chi connectivity index (χ4n) is 2.08. The van der Waals surface area contributed by atoms with Gasteiger partial charge in [0.05, 0.1) is 4.47 Å². The zero-order valence-corrected chi connectivity index (χ0v) is 17.8. The minimum Gasteiger partial charge on any atom is -0.483 e. The number of hydrogen-bond acceptors (Lipinski definition) is 5. The van der Waals surface area contributed by atoms with Crippen molar-refractivity contribution < 1.29 is 19.1 Å². The number of hydrazine groups is 1. The maximum absolute atomic E-state index is 11.9. The molecule has 0 aliphatic carbocycles. The van der Waals surface area contributed by atoms with Crippen LogP contribution < -0.4 is 25.6 Å². The van der Waals surface area contributed by atoms with Gasteiger partial charge in [-0.1, -0.05) is 24.3 Å². The highest BCUT2D eigenvalue weighted by atomic mass is 79.9. The van der Waals surface area contributed by atoms with E-state index >= 15 is 0 Å². The van der Waals surface area contributed by atoms with Crippen LogP contribution in [-0.4, -0.2) is 30.1 Å². The largest absolute Gasteiger partial charge is 0.483 e. The molecule has 0 saturated carbocycles. The molecule has 0 bridgehead atoms. The van der Waals surface area contributed by atoms with Crippen molar-refractivity contribution in [3.8, 4) is 11.5 Å². The number of amides is 2. The Bertz CT molecular complexity index is 876. The van der Waals surface area contributed by atoms with Gasteiger partial charge in [0.25, 0.3) is 11.8 Å². The molecule has 0 heterocycles. The molecule has 0 saturated heterocycles. The predicted octanol–water partition coefficient (Wildman–Crippen LogP) is 2.55. The van der Waals surface area contributed by atoms with E-state index in [1.165, 1.54) is 0 Å². The average Bonchev–Trinajstić information content (AvgIpc) is 2.65. The van der Waals surface area contributed by atoms with Crippen LogP contribution in [0.4, 0.5) is 0 Å². The van der Waals surface area contributed by atoms with Crippen molar-refractivity contribution in [3.05, 3.63) is 58.1 Å². The zero-order valence-electron chi connectivity index (χ0n) is 15.4. The molecule has 0 aromatic heterocycles. The predicted molar refractivity (Wildman–Crippen MR) is 113 cm³/mol. The van der Waals surface area contributed by atoms with Gasteiger partial charge in [-0.2, -0.15) is 0 Å². The Hall–Kier alpha value is -2.65. The first kappa shape index (κ1) is 21.6. The maximum atomic E-state index is 11.9. The molecular weight excluding hydrogens is 446 g/mol. The molecule has 0 unspecified atom stereocenters. The van der Waals surface area contributed by atoms with Crippen LogP contribution >= 0.6 is 28.1 Å². The van der Waals surface area contributed by atoms with Crippen molar-refractivity contribution in [1.82, 2.24) is 16.2 Å². The van der Waals surface area contributed by atoms with Crippen molar-refractivity contribution in [2.45, 2.75) is 13.8 Å². The van der Waals surface area contributed by atoms with Gasteiger partial charge in [-0.15, -0.1) is 0 Å². The molecule has 2 aromatic rings. The molecule has 3 N–H and O–H groups in total. The number of carbonyl (C=O) groups is 2. The summed E-state index contributed by atoms with van der Waals surface area (Å²) in [5, 5.41) is 2.35. The number of nitrogens with one attached hydrogen (secondary N) is 3. The second-order valence-corrected chi connectivity index (χ2v) is 7.09. The molecule has 0 aliphatic heterocycles. The summed E-state index contributed by atoms with van der Waals surface area (Å²) in [6, 6.07) is 12.9. The third-order valence-electron chi connectivity index (χ3n) is 3.47. The molecular formula is C19H20BrN3O4S. The van der Waals surface area contributed by atoms with Crippen LogP contribution in [0.2, 0.25) is 0 Å². The molecule has 0 fully saturated rings. The lowest BCUT2D eigenvalue weighted by Crippen LogP contribution is -2.50. The number of thiocarbonyl (C=S) groups is 1. The molecule has 9 heteroatoms. The maximum Gasteiger partial charge on any atom is 0.276 e. The second kappa shape index (κ2) is 10.6. The molecule has 0 spiro atoms. The summed E-state index contributed by atoms with van der Waals surface area (Å²) in [7, 11) is 0. The summed E-state index contributed by atoms with van der Waals surface area (Å²) < 4.78 is 11.6. The highest BCUT2D eigenvalue weighted by Crippen LogP contribution is 2.25. The minimum atomic E-state index is -0.463. The molecule has 2 amide bonds. The minimum absolute atomic E-state index is 0.0548. The number of aryl methyl sites for hydroxylation is 2. The quantitative estimate of drug-likeness (QED) is 0.448. The van der Waals surface area contributed by atoms with Gasteiger partial charge < -0.3 is 9.47 Å². The number of ether oxygens (including phenoxy) is 2. The first-order valence-electron chi connectivity index (χ1n) is 8.31. The fourth-order valence-corrected chi connectivity index (χ4v) is 2.86.